The SMILES string of the molecule is O=c1ccc2c([nH]1)COc1cccnc1-2. The lowest BCUT2D eigenvalue weighted by Gasteiger charge is -2.18. The second kappa shape index (κ2) is 2.95. The number of aromatic amines is 1. The van der Waals surface area contributed by atoms with Crippen LogP contribution in [0.15, 0.2) is 35.3 Å². The molecule has 4 nitrogen and oxygen atoms in total. The highest BCUT2D eigenvalue weighted by molar-refractivity contribution is 5.69. The number of rotatable bonds is 0. The van der Waals surface area contributed by atoms with Crippen LogP contribution in [0.5, 0.6) is 5.75 Å². The molecule has 0 bridgehead atoms. The Labute approximate surface area is 85.6 Å². The van der Waals surface area contributed by atoms with E-state index in [1.165, 1.54) is 6.07 Å². The van der Waals surface area contributed by atoms with Gasteiger partial charge >= 0.3 is 0 Å². The summed E-state index contributed by atoms with van der Waals surface area (Å²) in [6.45, 7) is 0.393. The van der Waals surface area contributed by atoms with Crippen molar-refractivity contribution < 1.29 is 4.74 Å². The fourth-order valence-corrected chi connectivity index (χ4v) is 1.71. The fraction of sp³-hybridized carbons (Fsp3) is 0.0909. The normalized spacial score (nSPS) is 12.5. The molecule has 1 N–H and O–H groups in total. The van der Waals surface area contributed by atoms with Gasteiger partial charge in [0.2, 0.25) is 5.56 Å². The molecule has 1 aliphatic rings. The molecule has 0 saturated carbocycles. The molecule has 2 aromatic heterocycles. The van der Waals surface area contributed by atoms with Gasteiger partial charge in [-0.05, 0) is 18.2 Å². The Bertz CT molecular complexity index is 575. The quantitative estimate of drug-likeness (QED) is 0.698. The average molecular weight is 200 g/mol. The Kier molecular flexibility index (Phi) is 1.62. The molecule has 0 fully saturated rings. The van der Waals surface area contributed by atoms with Crippen LogP contribution in [0.4, 0.5) is 0 Å². The van der Waals surface area contributed by atoms with Crippen molar-refractivity contribution in [1.82, 2.24) is 9.97 Å². The number of hydrogen-bond acceptors (Lipinski definition) is 3. The smallest absolute Gasteiger partial charge is 0.248 e. The monoisotopic (exact) mass is 200 g/mol. The summed E-state index contributed by atoms with van der Waals surface area (Å²) in [6.07, 6.45) is 1.71. The van der Waals surface area contributed by atoms with Crippen LogP contribution in [0.1, 0.15) is 5.69 Å². The molecule has 0 aliphatic carbocycles. The minimum absolute atomic E-state index is 0.114. The van der Waals surface area contributed by atoms with Crippen molar-refractivity contribution in [3.8, 4) is 17.0 Å². The molecular weight excluding hydrogens is 192 g/mol. The maximum atomic E-state index is 11.1. The Hall–Kier alpha value is -2.10. The minimum Gasteiger partial charge on any atom is -0.485 e. The minimum atomic E-state index is -0.114. The van der Waals surface area contributed by atoms with E-state index >= 15 is 0 Å². The van der Waals surface area contributed by atoms with Gasteiger partial charge in [-0.1, -0.05) is 0 Å². The second-order valence-electron chi connectivity index (χ2n) is 3.35. The van der Waals surface area contributed by atoms with Crippen molar-refractivity contribution in [1.29, 1.82) is 0 Å². The van der Waals surface area contributed by atoms with Gasteiger partial charge in [-0.25, -0.2) is 0 Å². The third-order valence-electron chi connectivity index (χ3n) is 2.40. The van der Waals surface area contributed by atoms with Crippen molar-refractivity contribution in [2.45, 2.75) is 6.61 Å². The lowest BCUT2D eigenvalue weighted by atomic mass is 10.1. The van der Waals surface area contributed by atoms with Crippen LogP contribution in [-0.4, -0.2) is 9.97 Å². The van der Waals surface area contributed by atoms with E-state index < -0.39 is 0 Å². The van der Waals surface area contributed by atoms with E-state index in [4.69, 9.17) is 4.74 Å². The molecule has 1 aliphatic heterocycles. The molecule has 15 heavy (non-hydrogen) atoms. The number of nitrogens with one attached hydrogen (secondary N) is 1. The third kappa shape index (κ3) is 1.22. The van der Waals surface area contributed by atoms with Gasteiger partial charge in [0.1, 0.15) is 18.1 Å². The van der Waals surface area contributed by atoms with Crippen molar-refractivity contribution in [2.24, 2.45) is 0 Å². The summed E-state index contributed by atoms with van der Waals surface area (Å²) in [5.41, 5.74) is 2.40. The van der Waals surface area contributed by atoms with Crippen LogP contribution in [0.25, 0.3) is 11.3 Å². The molecule has 2 aromatic rings. The number of pyridine rings is 2. The van der Waals surface area contributed by atoms with Gasteiger partial charge in [0.25, 0.3) is 0 Å². The highest BCUT2D eigenvalue weighted by atomic mass is 16.5. The first-order valence-corrected chi connectivity index (χ1v) is 4.65. The van der Waals surface area contributed by atoms with E-state index in [0.717, 1.165) is 22.7 Å². The molecule has 3 heterocycles. The predicted octanol–water partition coefficient (Wildman–Crippen LogP) is 1.33. The highest BCUT2D eigenvalue weighted by Crippen LogP contribution is 2.33. The van der Waals surface area contributed by atoms with E-state index in [1.807, 2.05) is 12.1 Å². The molecule has 0 atom stereocenters. The van der Waals surface area contributed by atoms with Crippen LogP contribution in [0.3, 0.4) is 0 Å². The van der Waals surface area contributed by atoms with Crippen LogP contribution >= 0.6 is 0 Å². The first-order valence-electron chi connectivity index (χ1n) is 4.65. The summed E-state index contributed by atoms with van der Waals surface area (Å²) in [5, 5.41) is 0. The lowest BCUT2D eigenvalue weighted by Crippen LogP contribution is -2.14. The Morgan fingerprint density at radius 3 is 3.20 bits per heavy atom. The second-order valence-corrected chi connectivity index (χ2v) is 3.35. The van der Waals surface area contributed by atoms with E-state index in [1.54, 1.807) is 12.3 Å². The van der Waals surface area contributed by atoms with Gasteiger partial charge in [-0.15, -0.1) is 0 Å². The maximum Gasteiger partial charge on any atom is 0.248 e. The van der Waals surface area contributed by atoms with Gasteiger partial charge in [0, 0.05) is 17.8 Å². The molecule has 0 aromatic carbocycles. The Morgan fingerprint density at radius 1 is 1.33 bits per heavy atom. The number of H-pyrrole nitrogens is 1. The molecule has 0 saturated heterocycles. The van der Waals surface area contributed by atoms with Crippen molar-refractivity contribution >= 4 is 0 Å². The van der Waals surface area contributed by atoms with Crippen molar-refractivity contribution in [3.05, 3.63) is 46.5 Å². The average Bonchev–Trinajstić information content (AvgIpc) is 2.28. The van der Waals surface area contributed by atoms with Gasteiger partial charge in [-0.2, -0.15) is 0 Å². The summed E-state index contributed by atoms with van der Waals surface area (Å²) in [5.74, 6) is 0.761. The zero-order chi connectivity index (χ0) is 10.3. The predicted molar refractivity (Wildman–Crippen MR) is 54.6 cm³/mol. The summed E-state index contributed by atoms with van der Waals surface area (Å²) < 4.78 is 5.47. The van der Waals surface area contributed by atoms with E-state index in [2.05, 4.69) is 9.97 Å². The summed E-state index contributed by atoms with van der Waals surface area (Å²) in [4.78, 5) is 18.1. The molecule has 0 spiro atoms. The Morgan fingerprint density at radius 2 is 2.27 bits per heavy atom. The largest absolute Gasteiger partial charge is 0.485 e. The van der Waals surface area contributed by atoms with E-state index in [9.17, 15) is 4.79 Å². The zero-order valence-corrected chi connectivity index (χ0v) is 7.86. The fourth-order valence-electron chi connectivity index (χ4n) is 1.71. The summed E-state index contributed by atoms with van der Waals surface area (Å²) >= 11 is 0. The number of nitrogens with zero attached hydrogens (tertiary/aromatic N) is 1. The van der Waals surface area contributed by atoms with Crippen LogP contribution in [0.2, 0.25) is 0 Å². The first kappa shape index (κ1) is 8.23. The van der Waals surface area contributed by atoms with Gasteiger partial charge < -0.3 is 9.72 Å². The zero-order valence-electron chi connectivity index (χ0n) is 7.86. The summed E-state index contributed by atoms with van der Waals surface area (Å²) in [7, 11) is 0. The van der Waals surface area contributed by atoms with Crippen molar-refractivity contribution in [2.75, 3.05) is 0 Å². The molecular formula is C11H8N2O2. The van der Waals surface area contributed by atoms with Gasteiger partial charge in [0.15, 0.2) is 0 Å². The van der Waals surface area contributed by atoms with Crippen LogP contribution < -0.4 is 10.3 Å². The van der Waals surface area contributed by atoms with Gasteiger partial charge in [0.05, 0.1) is 5.69 Å². The number of fused-ring (bicyclic) bond motifs is 3. The summed E-state index contributed by atoms with van der Waals surface area (Å²) in [6, 6.07) is 6.98. The van der Waals surface area contributed by atoms with Crippen molar-refractivity contribution in [3.63, 3.8) is 0 Å². The number of hydrogen-bond donors (Lipinski definition) is 1. The number of ether oxygens (including phenoxy) is 1. The van der Waals surface area contributed by atoms with Crippen LogP contribution in [-0.2, 0) is 6.61 Å². The third-order valence-corrected chi connectivity index (χ3v) is 2.40. The molecule has 3 rings (SSSR count). The standard InChI is InChI=1S/C11H8N2O2/c14-10-4-3-7-8(13-10)6-15-9-2-1-5-12-11(7)9/h1-5H,6H2,(H,13,14). The highest BCUT2D eigenvalue weighted by Gasteiger charge is 2.18. The first-order chi connectivity index (χ1) is 7.34. The Balaban J connectivity index is 2.30. The molecule has 74 valence electrons. The molecule has 4 heteroatoms. The maximum absolute atomic E-state index is 11.1. The van der Waals surface area contributed by atoms with Crippen LogP contribution in [0, 0.1) is 0 Å². The van der Waals surface area contributed by atoms with Gasteiger partial charge in [-0.3, -0.25) is 9.78 Å². The number of aromatic nitrogens is 2. The molecule has 0 unspecified atom stereocenters. The lowest BCUT2D eigenvalue weighted by molar-refractivity contribution is 0.295. The molecule has 0 amide bonds. The van der Waals surface area contributed by atoms with E-state index in [0.29, 0.717) is 6.61 Å². The van der Waals surface area contributed by atoms with E-state index in [-0.39, 0.29) is 5.56 Å². The topological polar surface area (TPSA) is 55.0 Å². The molecule has 0 radical (unpaired) electrons.